The number of carbonyl (C=O) groups excluding carboxylic acids is 1. The molecule has 1 aliphatic heterocycles. The lowest BCUT2D eigenvalue weighted by Gasteiger charge is -2.24. The predicted octanol–water partition coefficient (Wildman–Crippen LogP) is 3.57. The van der Waals surface area contributed by atoms with E-state index < -0.39 is 0 Å². The van der Waals surface area contributed by atoms with E-state index in [9.17, 15) is 4.79 Å². The zero-order valence-corrected chi connectivity index (χ0v) is 17.6. The van der Waals surface area contributed by atoms with Gasteiger partial charge in [-0.2, -0.15) is 5.10 Å². The van der Waals surface area contributed by atoms with Crippen LogP contribution in [-0.4, -0.2) is 45.8 Å². The van der Waals surface area contributed by atoms with Crippen molar-refractivity contribution in [3.8, 4) is 16.9 Å². The number of pyridine rings is 1. The fraction of sp³-hybridized carbons (Fsp3) is 0.348. The Morgan fingerprint density at radius 2 is 2.03 bits per heavy atom. The fourth-order valence-corrected chi connectivity index (χ4v) is 4.01. The van der Waals surface area contributed by atoms with Crippen LogP contribution in [0.3, 0.4) is 0 Å². The van der Waals surface area contributed by atoms with Gasteiger partial charge < -0.3 is 10.1 Å². The van der Waals surface area contributed by atoms with E-state index in [4.69, 9.17) is 9.72 Å². The summed E-state index contributed by atoms with van der Waals surface area (Å²) in [4.78, 5) is 19.7. The standard InChI is InChI=1S/C23H27N5O2/c1-16-11-17(18-13-24-27(2)14-18)12-21(25-16)22-5-4-10-28(22)15-23(29)26-19-6-8-20(30-3)9-7-19/h6-9,11-14,22H,4-5,10,15H2,1-3H3,(H,26,29)/t22-/m1/s1. The first kappa shape index (κ1) is 20.1. The van der Waals surface area contributed by atoms with Crippen LogP contribution in [-0.2, 0) is 11.8 Å². The van der Waals surface area contributed by atoms with Crippen LogP contribution in [0.2, 0.25) is 0 Å². The number of amides is 1. The third kappa shape index (κ3) is 4.52. The molecule has 1 amide bonds. The van der Waals surface area contributed by atoms with Crippen molar-refractivity contribution < 1.29 is 9.53 Å². The van der Waals surface area contributed by atoms with E-state index in [0.29, 0.717) is 6.54 Å². The van der Waals surface area contributed by atoms with Gasteiger partial charge in [0.25, 0.3) is 0 Å². The normalized spacial score (nSPS) is 16.6. The maximum atomic E-state index is 12.6. The van der Waals surface area contributed by atoms with Gasteiger partial charge in [0.05, 0.1) is 31.6 Å². The average Bonchev–Trinajstić information content (AvgIpc) is 3.37. The van der Waals surface area contributed by atoms with Crippen LogP contribution in [0.5, 0.6) is 5.75 Å². The van der Waals surface area contributed by atoms with Crippen LogP contribution < -0.4 is 10.1 Å². The van der Waals surface area contributed by atoms with Gasteiger partial charge in [-0.05, 0) is 68.3 Å². The van der Waals surface area contributed by atoms with Gasteiger partial charge in [0.2, 0.25) is 5.91 Å². The number of methoxy groups -OCH3 is 1. The Morgan fingerprint density at radius 1 is 1.23 bits per heavy atom. The van der Waals surface area contributed by atoms with Gasteiger partial charge in [-0.3, -0.25) is 19.4 Å². The van der Waals surface area contributed by atoms with E-state index in [1.54, 1.807) is 11.8 Å². The lowest BCUT2D eigenvalue weighted by molar-refractivity contribution is -0.117. The van der Waals surface area contributed by atoms with Crippen LogP contribution in [0.1, 0.15) is 30.3 Å². The number of hydrogen-bond donors (Lipinski definition) is 1. The highest BCUT2D eigenvalue weighted by Gasteiger charge is 2.29. The van der Waals surface area contributed by atoms with Crippen LogP contribution in [0.15, 0.2) is 48.8 Å². The molecule has 3 aromatic rings. The van der Waals surface area contributed by atoms with Crippen LogP contribution in [0, 0.1) is 6.92 Å². The highest BCUT2D eigenvalue weighted by Crippen LogP contribution is 2.33. The largest absolute Gasteiger partial charge is 0.497 e. The molecule has 1 aliphatic rings. The minimum absolute atomic E-state index is 0.0211. The van der Waals surface area contributed by atoms with Crippen molar-refractivity contribution in [2.45, 2.75) is 25.8 Å². The van der Waals surface area contributed by atoms with Gasteiger partial charge in [-0.1, -0.05) is 0 Å². The van der Waals surface area contributed by atoms with E-state index >= 15 is 0 Å². The van der Waals surface area contributed by atoms with E-state index in [2.05, 4.69) is 27.4 Å². The van der Waals surface area contributed by atoms with Gasteiger partial charge in [0, 0.05) is 30.2 Å². The molecule has 0 saturated carbocycles. The maximum absolute atomic E-state index is 12.6. The van der Waals surface area contributed by atoms with Crippen LogP contribution >= 0.6 is 0 Å². The van der Waals surface area contributed by atoms with Gasteiger partial charge >= 0.3 is 0 Å². The number of carbonyl (C=O) groups is 1. The molecule has 2 aromatic heterocycles. The SMILES string of the molecule is COc1ccc(NC(=O)CN2CCC[C@@H]2c2cc(-c3cnn(C)c3)cc(C)n2)cc1. The number of likely N-dealkylation sites (tertiary alicyclic amines) is 1. The number of aromatic nitrogens is 3. The van der Waals surface area contributed by atoms with Crippen molar-refractivity contribution in [2.75, 3.05) is 25.5 Å². The summed E-state index contributed by atoms with van der Waals surface area (Å²) >= 11 is 0. The third-order valence-electron chi connectivity index (χ3n) is 5.44. The van der Waals surface area contributed by atoms with Crippen molar-refractivity contribution in [1.29, 1.82) is 0 Å². The maximum Gasteiger partial charge on any atom is 0.238 e. The molecule has 0 aliphatic carbocycles. The third-order valence-corrected chi connectivity index (χ3v) is 5.44. The molecule has 7 nitrogen and oxygen atoms in total. The lowest BCUT2D eigenvalue weighted by Crippen LogP contribution is -2.33. The molecule has 0 radical (unpaired) electrons. The monoisotopic (exact) mass is 405 g/mol. The summed E-state index contributed by atoms with van der Waals surface area (Å²) in [7, 11) is 3.54. The smallest absolute Gasteiger partial charge is 0.238 e. The number of aryl methyl sites for hydroxylation is 2. The van der Waals surface area contributed by atoms with E-state index in [1.165, 1.54) is 0 Å². The summed E-state index contributed by atoms with van der Waals surface area (Å²) in [5, 5.41) is 7.26. The fourth-order valence-electron chi connectivity index (χ4n) is 4.01. The molecule has 1 atom stereocenters. The first-order valence-corrected chi connectivity index (χ1v) is 10.2. The molecule has 7 heteroatoms. The van der Waals surface area contributed by atoms with Crippen molar-refractivity contribution in [1.82, 2.24) is 19.7 Å². The summed E-state index contributed by atoms with van der Waals surface area (Å²) in [6, 6.07) is 11.7. The molecular formula is C23H27N5O2. The van der Waals surface area contributed by atoms with Crippen molar-refractivity contribution in [3.05, 3.63) is 60.2 Å². The predicted molar refractivity (Wildman–Crippen MR) is 116 cm³/mol. The average molecular weight is 406 g/mol. The number of nitrogens with zero attached hydrogens (tertiary/aromatic N) is 4. The number of anilines is 1. The van der Waals surface area contributed by atoms with Gasteiger partial charge in [0.1, 0.15) is 5.75 Å². The van der Waals surface area contributed by atoms with Crippen LogP contribution in [0.25, 0.3) is 11.1 Å². The molecule has 1 aromatic carbocycles. The quantitative estimate of drug-likeness (QED) is 0.679. The second kappa shape index (κ2) is 8.67. The summed E-state index contributed by atoms with van der Waals surface area (Å²) in [5.41, 5.74) is 4.94. The molecule has 156 valence electrons. The summed E-state index contributed by atoms with van der Waals surface area (Å²) in [5.74, 6) is 0.745. The Morgan fingerprint density at radius 3 is 2.73 bits per heavy atom. The van der Waals surface area contributed by atoms with E-state index in [1.807, 2.05) is 50.6 Å². The summed E-state index contributed by atoms with van der Waals surface area (Å²) < 4.78 is 6.97. The summed E-state index contributed by atoms with van der Waals surface area (Å²) in [6.45, 7) is 3.24. The molecular weight excluding hydrogens is 378 g/mol. The minimum Gasteiger partial charge on any atom is -0.497 e. The van der Waals surface area contributed by atoms with Gasteiger partial charge in [-0.25, -0.2) is 0 Å². The number of benzene rings is 1. The minimum atomic E-state index is -0.0211. The van der Waals surface area contributed by atoms with E-state index in [-0.39, 0.29) is 11.9 Å². The molecule has 4 rings (SSSR count). The van der Waals surface area contributed by atoms with E-state index in [0.717, 1.165) is 53.3 Å². The number of nitrogens with one attached hydrogen (secondary N) is 1. The van der Waals surface area contributed by atoms with Crippen LogP contribution in [0.4, 0.5) is 5.69 Å². The first-order valence-electron chi connectivity index (χ1n) is 10.2. The molecule has 0 spiro atoms. The lowest BCUT2D eigenvalue weighted by atomic mass is 10.0. The van der Waals surface area contributed by atoms with Gasteiger partial charge in [-0.15, -0.1) is 0 Å². The Labute approximate surface area is 176 Å². The van der Waals surface area contributed by atoms with Crippen molar-refractivity contribution >= 4 is 11.6 Å². The molecule has 1 fully saturated rings. The molecule has 3 heterocycles. The highest BCUT2D eigenvalue weighted by atomic mass is 16.5. The molecule has 1 N–H and O–H groups in total. The summed E-state index contributed by atoms with van der Waals surface area (Å²) in [6.07, 6.45) is 5.93. The zero-order valence-electron chi connectivity index (χ0n) is 17.6. The molecule has 1 saturated heterocycles. The Hall–Kier alpha value is -3.19. The Bertz CT molecular complexity index is 1030. The Kier molecular flexibility index (Phi) is 5.81. The zero-order chi connectivity index (χ0) is 21.1. The van der Waals surface area contributed by atoms with Crippen molar-refractivity contribution in [2.24, 2.45) is 7.05 Å². The number of hydrogen-bond acceptors (Lipinski definition) is 5. The molecule has 0 unspecified atom stereocenters. The second-order valence-electron chi connectivity index (χ2n) is 7.73. The molecule has 30 heavy (non-hydrogen) atoms. The number of rotatable bonds is 6. The molecule has 0 bridgehead atoms. The Balaban J connectivity index is 1.48. The van der Waals surface area contributed by atoms with Crippen molar-refractivity contribution in [3.63, 3.8) is 0 Å². The first-order chi connectivity index (χ1) is 14.5. The number of ether oxygens (including phenoxy) is 1. The topological polar surface area (TPSA) is 72.3 Å². The second-order valence-corrected chi connectivity index (χ2v) is 7.73. The highest BCUT2D eigenvalue weighted by molar-refractivity contribution is 5.92. The van der Waals surface area contributed by atoms with Gasteiger partial charge in [0.15, 0.2) is 0 Å².